The maximum Gasteiger partial charge on any atom is 0.271 e. The maximum absolute atomic E-state index is 11.8. The average molecular weight is 349 g/mol. The molecule has 0 saturated carbocycles. The van der Waals surface area contributed by atoms with Crippen LogP contribution in [0.1, 0.15) is 50.3 Å². The first-order valence-electron chi connectivity index (χ1n) is 9.06. The molecule has 4 aromatic rings. The van der Waals surface area contributed by atoms with Crippen molar-refractivity contribution in [2.75, 3.05) is 0 Å². The molecular formula is C20H23N5O. The highest BCUT2D eigenvalue weighted by Gasteiger charge is 2.15. The van der Waals surface area contributed by atoms with Gasteiger partial charge in [-0.3, -0.25) is 15.0 Å². The largest absolute Gasteiger partial charge is 0.298 e. The number of nitrogens with one attached hydrogen (secondary N) is 2. The standard InChI is InChI=1S/C20H23N5O/c1-12(2)18-15-5-4-9-21-19(15)25(24-18)10-8-13(3)14-6-7-17-16(11-14)20(26)23-22-17/h4-7,9,11-13H,8,10H2,1-3H3,(H2,22,23,26). The summed E-state index contributed by atoms with van der Waals surface area (Å²) in [5.41, 5.74) is 3.98. The van der Waals surface area contributed by atoms with Gasteiger partial charge < -0.3 is 0 Å². The Morgan fingerprint density at radius 3 is 2.77 bits per heavy atom. The van der Waals surface area contributed by atoms with Gasteiger partial charge >= 0.3 is 0 Å². The summed E-state index contributed by atoms with van der Waals surface area (Å²) in [5.74, 6) is 0.683. The highest BCUT2D eigenvalue weighted by molar-refractivity contribution is 5.79. The third-order valence-corrected chi connectivity index (χ3v) is 5.02. The Kier molecular flexibility index (Phi) is 4.11. The summed E-state index contributed by atoms with van der Waals surface area (Å²) in [7, 11) is 0. The van der Waals surface area contributed by atoms with E-state index in [4.69, 9.17) is 5.10 Å². The van der Waals surface area contributed by atoms with Gasteiger partial charge in [0.25, 0.3) is 5.56 Å². The number of benzene rings is 1. The quantitative estimate of drug-likeness (QED) is 0.573. The van der Waals surface area contributed by atoms with Crippen molar-refractivity contribution in [3.05, 3.63) is 58.1 Å². The monoisotopic (exact) mass is 349 g/mol. The van der Waals surface area contributed by atoms with Crippen LogP contribution in [0.4, 0.5) is 0 Å². The van der Waals surface area contributed by atoms with Crippen LogP contribution in [0.5, 0.6) is 0 Å². The van der Waals surface area contributed by atoms with Crippen molar-refractivity contribution in [2.24, 2.45) is 0 Å². The minimum absolute atomic E-state index is 0.0714. The molecule has 3 aromatic heterocycles. The van der Waals surface area contributed by atoms with E-state index in [0.29, 0.717) is 17.2 Å². The number of nitrogens with zero attached hydrogens (tertiary/aromatic N) is 3. The second kappa shape index (κ2) is 6.44. The molecule has 0 aliphatic heterocycles. The Labute approximate surface area is 151 Å². The van der Waals surface area contributed by atoms with Crippen LogP contribution in [0.3, 0.4) is 0 Å². The van der Waals surface area contributed by atoms with Crippen LogP contribution in [-0.4, -0.2) is 25.0 Å². The van der Waals surface area contributed by atoms with E-state index in [1.54, 1.807) is 0 Å². The molecule has 3 heterocycles. The first-order chi connectivity index (χ1) is 12.5. The summed E-state index contributed by atoms with van der Waals surface area (Å²) in [4.78, 5) is 16.4. The number of hydrogen-bond donors (Lipinski definition) is 2. The lowest BCUT2D eigenvalue weighted by Crippen LogP contribution is -2.06. The molecule has 1 unspecified atom stereocenters. The van der Waals surface area contributed by atoms with Crippen molar-refractivity contribution >= 4 is 21.9 Å². The molecule has 0 saturated heterocycles. The Morgan fingerprint density at radius 1 is 1.12 bits per heavy atom. The van der Waals surface area contributed by atoms with Gasteiger partial charge in [0.2, 0.25) is 0 Å². The molecule has 134 valence electrons. The van der Waals surface area contributed by atoms with Gasteiger partial charge in [-0.25, -0.2) is 9.67 Å². The molecule has 1 atom stereocenters. The summed E-state index contributed by atoms with van der Waals surface area (Å²) >= 11 is 0. The van der Waals surface area contributed by atoms with Crippen molar-refractivity contribution in [2.45, 2.75) is 45.6 Å². The Hall–Kier alpha value is -2.89. The number of aromatic amines is 2. The second-order valence-corrected chi connectivity index (χ2v) is 7.21. The minimum atomic E-state index is -0.0714. The number of fused-ring (bicyclic) bond motifs is 2. The van der Waals surface area contributed by atoms with Gasteiger partial charge in [-0.15, -0.1) is 0 Å². The van der Waals surface area contributed by atoms with Gasteiger partial charge in [-0.2, -0.15) is 5.10 Å². The third-order valence-electron chi connectivity index (χ3n) is 5.02. The first kappa shape index (κ1) is 16.6. The van der Waals surface area contributed by atoms with Crippen molar-refractivity contribution < 1.29 is 0 Å². The Balaban J connectivity index is 1.59. The number of H-pyrrole nitrogens is 2. The molecule has 0 fully saturated rings. The molecule has 2 N–H and O–H groups in total. The van der Waals surface area contributed by atoms with Gasteiger partial charge in [-0.05, 0) is 48.1 Å². The molecule has 0 aliphatic rings. The van der Waals surface area contributed by atoms with Gasteiger partial charge in [-0.1, -0.05) is 26.8 Å². The van der Waals surface area contributed by atoms with E-state index < -0.39 is 0 Å². The normalized spacial score (nSPS) is 13.1. The minimum Gasteiger partial charge on any atom is -0.298 e. The van der Waals surface area contributed by atoms with E-state index in [2.05, 4.69) is 48.1 Å². The Morgan fingerprint density at radius 2 is 1.96 bits per heavy atom. The zero-order chi connectivity index (χ0) is 18.3. The van der Waals surface area contributed by atoms with Gasteiger partial charge in [0.15, 0.2) is 5.65 Å². The van der Waals surface area contributed by atoms with Crippen molar-refractivity contribution in [1.29, 1.82) is 0 Å². The summed E-state index contributed by atoms with van der Waals surface area (Å²) in [6.45, 7) is 7.30. The molecule has 6 nitrogen and oxygen atoms in total. The fourth-order valence-corrected chi connectivity index (χ4v) is 3.46. The van der Waals surface area contributed by atoms with E-state index >= 15 is 0 Å². The maximum atomic E-state index is 11.8. The van der Waals surface area contributed by atoms with E-state index in [9.17, 15) is 4.79 Å². The van der Waals surface area contributed by atoms with Crippen molar-refractivity contribution in [3.63, 3.8) is 0 Å². The summed E-state index contributed by atoms with van der Waals surface area (Å²) in [6.07, 6.45) is 2.75. The van der Waals surface area contributed by atoms with Crippen molar-refractivity contribution in [3.8, 4) is 0 Å². The summed E-state index contributed by atoms with van der Waals surface area (Å²) in [5, 5.41) is 12.2. The zero-order valence-corrected chi connectivity index (χ0v) is 15.3. The first-order valence-corrected chi connectivity index (χ1v) is 9.06. The van der Waals surface area contributed by atoms with Crippen molar-refractivity contribution in [1.82, 2.24) is 25.0 Å². The smallest absolute Gasteiger partial charge is 0.271 e. The predicted molar refractivity (Wildman–Crippen MR) is 104 cm³/mol. The van der Waals surface area contributed by atoms with Gasteiger partial charge in [0.1, 0.15) is 0 Å². The van der Waals surface area contributed by atoms with Crippen LogP contribution in [0.2, 0.25) is 0 Å². The number of hydrogen-bond acceptors (Lipinski definition) is 3. The lowest BCUT2D eigenvalue weighted by atomic mass is 9.97. The molecule has 0 bridgehead atoms. The number of aryl methyl sites for hydroxylation is 1. The highest BCUT2D eigenvalue weighted by atomic mass is 16.1. The number of rotatable bonds is 5. The van der Waals surface area contributed by atoms with Gasteiger partial charge in [0, 0.05) is 18.1 Å². The zero-order valence-electron chi connectivity index (χ0n) is 15.3. The van der Waals surface area contributed by atoms with E-state index in [1.807, 2.05) is 29.1 Å². The van der Waals surface area contributed by atoms with Gasteiger partial charge in [0.05, 0.1) is 16.6 Å². The topological polar surface area (TPSA) is 79.4 Å². The second-order valence-electron chi connectivity index (χ2n) is 7.21. The van der Waals surface area contributed by atoms with Crippen LogP contribution in [-0.2, 0) is 6.54 Å². The van der Waals surface area contributed by atoms with Crippen LogP contribution >= 0.6 is 0 Å². The summed E-state index contributed by atoms with van der Waals surface area (Å²) < 4.78 is 2.02. The number of pyridine rings is 1. The fraction of sp³-hybridized carbons (Fsp3) is 0.350. The summed E-state index contributed by atoms with van der Waals surface area (Å²) in [6, 6.07) is 10.1. The van der Waals surface area contributed by atoms with E-state index in [1.165, 1.54) is 0 Å². The van der Waals surface area contributed by atoms with Crippen LogP contribution in [0.15, 0.2) is 41.3 Å². The molecule has 0 radical (unpaired) electrons. The molecule has 0 spiro atoms. The van der Waals surface area contributed by atoms with Crippen LogP contribution in [0, 0.1) is 0 Å². The van der Waals surface area contributed by atoms with Crippen LogP contribution < -0.4 is 5.56 Å². The van der Waals surface area contributed by atoms with E-state index in [-0.39, 0.29) is 5.56 Å². The lowest BCUT2D eigenvalue weighted by molar-refractivity contribution is 0.535. The Bertz CT molecular complexity index is 1120. The molecule has 4 rings (SSSR count). The fourth-order valence-electron chi connectivity index (χ4n) is 3.46. The predicted octanol–water partition coefficient (Wildman–Crippen LogP) is 3.92. The number of aromatic nitrogens is 5. The molecule has 0 aliphatic carbocycles. The third kappa shape index (κ3) is 2.81. The average Bonchev–Trinajstić information content (AvgIpc) is 3.20. The molecule has 6 heteroatoms. The molecule has 1 aromatic carbocycles. The molecular weight excluding hydrogens is 326 g/mol. The lowest BCUT2D eigenvalue weighted by Gasteiger charge is -2.12. The highest BCUT2D eigenvalue weighted by Crippen LogP contribution is 2.26. The molecule has 0 amide bonds. The SMILES string of the molecule is CC(C)c1nn(CCC(C)c2ccc3[nH][nH]c(=O)c3c2)c2ncccc12. The van der Waals surface area contributed by atoms with E-state index in [0.717, 1.165) is 40.8 Å². The van der Waals surface area contributed by atoms with Crippen LogP contribution in [0.25, 0.3) is 21.9 Å². The molecule has 26 heavy (non-hydrogen) atoms.